The van der Waals surface area contributed by atoms with Crippen molar-refractivity contribution >= 4 is 22.4 Å². The van der Waals surface area contributed by atoms with Crippen LogP contribution in [0.2, 0.25) is 0 Å². The predicted molar refractivity (Wildman–Crippen MR) is 78.8 cm³/mol. The van der Waals surface area contributed by atoms with E-state index in [1.807, 2.05) is 19.1 Å². The van der Waals surface area contributed by atoms with Gasteiger partial charge in [-0.1, -0.05) is 24.3 Å². The second-order valence-corrected chi connectivity index (χ2v) is 5.31. The van der Waals surface area contributed by atoms with Crippen LogP contribution in [0.15, 0.2) is 18.3 Å². The van der Waals surface area contributed by atoms with E-state index >= 15 is 0 Å². The standard InChI is InChI=1S/C13H17N5OS/c1-3-6-14-13-18-17-12(20-13)11(19)16-8-10-5-4-9(2)15-7-10/h4-5,7H,3,6,8H2,1-2H3,(H,14,18)(H,16,19). The van der Waals surface area contributed by atoms with Gasteiger partial charge in [0.2, 0.25) is 10.1 Å². The van der Waals surface area contributed by atoms with Crippen molar-refractivity contribution < 1.29 is 4.79 Å². The number of hydrogen-bond acceptors (Lipinski definition) is 6. The highest BCUT2D eigenvalue weighted by molar-refractivity contribution is 7.17. The zero-order chi connectivity index (χ0) is 14.4. The molecule has 0 aliphatic carbocycles. The van der Waals surface area contributed by atoms with Crippen molar-refractivity contribution in [3.05, 3.63) is 34.6 Å². The van der Waals surface area contributed by atoms with Crippen molar-refractivity contribution in [1.29, 1.82) is 0 Å². The molecule has 0 spiro atoms. The van der Waals surface area contributed by atoms with Crippen molar-refractivity contribution in [1.82, 2.24) is 20.5 Å². The summed E-state index contributed by atoms with van der Waals surface area (Å²) in [5.41, 5.74) is 1.91. The van der Waals surface area contributed by atoms with Crippen LogP contribution in [0.4, 0.5) is 5.13 Å². The maximum Gasteiger partial charge on any atom is 0.282 e. The van der Waals surface area contributed by atoms with Gasteiger partial charge in [0.1, 0.15) is 0 Å². The third-order valence-electron chi connectivity index (χ3n) is 2.57. The van der Waals surface area contributed by atoms with Crippen molar-refractivity contribution in [2.24, 2.45) is 0 Å². The third-order valence-corrected chi connectivity index (χ3v) is 3.45. The molecular formula is C13H17N5OS. The molecule has 0 fully saturated rings. The van der Waals surface area contributed by atoms with Gasteiger partial charge in [-0.15, -0.1) is 10.2 Å². The van der Waals surface area contributed by atoms with Crippen LogP contribution in [-0.2, 0) is 6.54 Å². The van der Waals surface area contributed by atoms with E-state index in [0.717, 1.165) is 24.2 Å². The number of nitrogens with zero attached hydrogens (tertiary/aromatic N) is 3. The van der Waals surface area contributed by atoms with Crippen LogP contribution in [0.3, 0.4) is 0 Å². The molecule has 0 bridgehead atoms. The fourth-order valence-electron chi connectivity index (χ4n) is 1.48. The van der Waals surface area contributed by atoms with Gasteiger partial charge in [0.15, 0.2) is 0 Å². The molecule has 7 heteroatoms. The molecule has 1 amide bonds. The largest absolute Gasteiger partial charge is 0.360 e. The van der Waals surface area contributed by atoms with Gasteiger partial charge in [0, 0.05) is 25.0 Å². The summed E-state index contributed by atoms with van der Waals surface area (Å²) in [6.07, 6.45) is 2.76. The molecule has 0 saturated heterocycles. The van der Waals surface area contributed by atoms with Crippen molar-refractivity contribution in [3.63, 3.8) is 0 Å². The SMILES string of the molecule is CCCNc1nnc(C(=O)NCc2ccc(C)nc2)s1. The lowest BCUT2D eigenvalue weighted by atomic mass is 10.2. The average molecular weight is 291 g/mol. The minimum Gasteiger partial charge on any atom is -0.360 e. The number of rotatable bonds is 6. The minimum absolute atomic E-state index is 0.215. The van der Waals surface area contributed by atoms with Gasteiger partial charge in [-0.25, -0.2) is 0 Å². The zero-order valence-electron chi connectivity index (χ0n) is 11.5. The number of carbonyl (C=O) groups is 1. The second-order valence-electron chi connectivity index (χ2n) is 4.33. The topological polar surface area (TPSA) is 79.8 Å². The molecule has 106 valence electrons. The van der Waals surface area contributed by atoms with Crippen LogP contribution in [0.25, 0.3) is 0 Å². The van der Waals surface area contributed by atoms with E-state index < -0.39 is 0 Å². The molecule has 6 nitrogen and oxygen atoms in total. The first-order valence-electron chi connectivity index (χ1n) is 6.46. The fourth-order valence-corrected chi connectivity index (χ4v) is 2.16. The fraction of sp³-hybridized carbons (Fsp3) is 0.385. The van der Waals surface area contributed by atoms with Crippen molar-refractivity contribution in [2.75, 3.05) is 11.9 Å². The maximum absolute atomic E-state index is 11.9. The quantitative estimate of drug-likeness (QED) is 0.851. The summed E-state index contributed by atoms with van der Waals surface area (Å²) in [5.74, 6) is -0.215. The number of hydrogen-bond donors (Lipinski definition) is 2. The number of carbonyl (C=O) groups excluding carboxylic acids is 1. The number of aromatic nitrogens is 3. The second kappa shape index (κ2) is 6.95. The summed E-state index contributed by atoms with van der Waals surface area (Å²) in [6.45, 7) is 5.25. The van der Waals surface area contributed by atoms with E-state index in [4.69, 9.17) is 0 Å². The molecule has 0 unspecified atom stereocenters. The normalized spacial score (nSPS) is 10.3. The van der Waals surface area contributed by atoms with Crippen LogP contribution in [0.5, 0.6) is 0 Å². The molecule has 2 aromatic rings. The first kappa shape index (κ1) is 14.4. The van der Waals surface area contributed by atoms with Gasteiger partial charge in [-0.2, -0.15) is 0 Å². The van der Waals surface area contributed by atoms with Gasteiger partial charge in [0.05, 0.1) is 0 Å². The molecule has 0 aliphatic heterocycles. The van der Waals surface area contributed by atoms with E-state index in [1.54, 1.807) is 6.20 Å². The number of aryl methyl sites for hydroxylation is 1. The van der Waals surface area contributed by atoms with Crippen LogP contribution in [-0.4, -0.2) is 27.6 Å². The van der Waals surface area contributed by atoms with Gasteiger partial charge < -0.3 is 10.6 Å². The summed E-state index contributed by atoms with van der Waals surface area (Å²) in [5, 5.41) is 14.7. The Morgan fingerprint density at radius 2 is 2.20 bits per heavy atom. The Kier molecular flexibility index (Phi) is 5.00. The number of anilines is 1. The van der Waals surface area contributed by atoms with Crippen LogP contribution in [0, 0.1) is 6.92 Å². The summed E-state index contributed by atoms with van der Waals surface area (Å²) in [7, 11) is 0. The van der Waals surface area contributed by atoms with Gasteiger partial charge in [-0.05, 0) is 25.0 Å². The summed E-state index contributed by atoms with van der Waals surface area (Å²) >= 11 is 1.26. The third kappa shape index (κ3) is 3.99. The highest BCUT2D eigenvalue weighted by Gasteiger charge is 2.12. The van der Waals surface area contributed by atoms with E-state index in [2.05, 4.69) is 32.7 Å². The van der Waals surface area contributed by atoms with Crippen molar-refractivity contribution in [3.8, 4) is 0 Å². The van der Waals surface area contributed by atoms with Gasteiger partial charge >= 0.3 is 0 Å². The molecule has 0 aliphatic rings. The molecule has 2 N–H and O–H groups in total. The first-order chi connectivity index (χ1) is 9.69. The molecule has 20 heavy (non-hydrogen) atoms. The number of amides is 1. The van der Waals surface area contributed by atoms with Gasteiger partial charge in [0.25, 0.3) is 5.91 Å². The van der Waals surface area contributed by atoms with Crippen molar-refractivity contribution in [2.45, 2.75) is 26.8 Å². The molecule has 0 radical (unpaired) electrons. The Hall–Kier alpha value is -2.02. The van der Waals surface area contributed by atoms with E-state index in [9.17, 15) is 4.79 Å². The smallest absolute Gasteiger partial charge is 0.282 e. The Bertz CT molecular complexity index is 566. The lowest BCUT2D eigenvalue weighted by molar-refractivity contribution is 0.0950. The van der Waals surface area contributed by atoms with E-state index in [0.29, 0.717) is 16.7 Å². The summed E-state index contributed by atoms with van der Waals surface area (Å²) in [4.78, 5) is 16.1. The molecule has 0 saturated carbocycles. The summed E-state index contributed by atoms with van der Waals surface area (Å²) < 4.78 is 0. The average Bonchev–Trinajstić information content (AvgIpc) is 2.93. The van der Waals surface area contributed by atoms with Crippen LogP contribution >= 0.6 is 11.3 Å². The Morgan fingerprint density at radius 3 is 2.90 bits per heavy atom. The lowest BCUT2D eigenvalue weighted by Crippen LogP contribution is -2.22. The molecule has 2 rings (SSSR count). The molecular weight excluding hydrogens is 274 g/mol. The Balaban J connectivity index is 1.88. The molecule has 0 atom stereocenters. The number of nitrogens with one attached hydrogen (secondary N) is 2. The monoisotopic (exact) mass is 291 g/mol. The van der Waals surface area contributed by atoms with E-state index in [-0.39, 0.29) is 5.91 Å². The minimum atomic E-state index is -0.215. The van der Waals surface area contributed by atoms with Crippen LogP contribution < -0.4 is 10.6 Å². The highest BCUT2D eigenvalue weighted by atomic mass is 32.1. The van der Waals surface area contributed by atoms with Crippen LogP contribution in [0.1, 0.15) is 34.4 Å². The maximum atomic E-state index is 11.9. The summed E-state index contributed by atoms with van der Waals surface area (Å²) in [6, 6.07) is 3.86. The first-order valence-corrected chi connectivity index (χ1v) is 7.28. The van der Waals surface area contributed by atoms with Gasteiger partial charge in [-0.3, -0.25) is 9.78 Å². The number of pyridine rings is 1. The highest BCUT2D eigenvalue weighted by Crippen LogP contribution is 2.14. The Morgan fingerprint density at radius 1 is 1.35 bits per heavy atom. The lowest BCUT2D eigenvalue weighted by Gasteiger charge is -2.02. The molecule has 0 aromatic carbocycles. The predicted octanol–water partition coefficient (Wildman–Crippen LogP) is 1.99. The zero-order valence-corrected chi connectivity index (χ0v) is 12.3. The molecule has 2 aromatic heterocycles. The van der Waals surface area contributed by atoms with E-state index in [1.165, 1.54) is 11.3 Å². The Labute approximate surface area is 121 Å². The molecule has 2 heterocycles.